The van der Waals surface area contributed by atoms with E-state index in [-0.39, 0.29) is 40.1 Å². The molecule has 17 heteroatoms. The number of aliphatic carboxylic acids is 2. The predicted octanol–water partition coefficient (Wildman–Crippen LogP) is 2.47. The lowest BCUT2D eigenvalue weighted by atomic mass is 9.33. The Bertz CT molecular complexity index is 1810. The van der Waals surface area contributed by atoms with E-state index in [1.54, 1.807) is 0 Å². The molecule has 3 heterocycles. The number of ether oxygens (including phenoxy) is 6. The number of rotatable bonds is 8. The average molecular weight is 911 g/mol. The maximum atomic E-state index is 13.1. The lowest BCUT2D eigenvalue weighted by molar-refractivity contribution is -0.386. The van der Waals surface area contributed by atoms with E-state index in [0.717, 1.165) is 44.9 Å². The Hall–Kier alpha value is -1.84. The second-order valence-corrected chi connectivity index (χ2v) is 23.0. The molecule has 5 aliphatic carbocycles. The molecule has 3 saturated heterocycles. The van der Waals surface area contributed by atoms with E-state index < -0.39 is 115 Å². The Labute approximate surface area is 375 Å². The topological polar surface area (TPSA) is 272 Å². The lowest BCUT2D eigenvalue weighted by Gasteiger charge is -2.71. The summed E-state index contributed by atoms with van der Waals surface area (Å²) in [7, 11) is 0. The highest BCUT2D eigenvalue weighted by Crippen LogP contribution is 2.76. The zero-order valence-electron chi connectivity index (χ0n) is 38.5. The van der Waals surface area contributed by atoms with Crippen LogP contribution in [0.5, 0.6) is 0 Å². The average Bonchev–Trinajstić information content (AvgIpc) is 3.21. The summed E-state index contributed by atoms with van der Waals surface area (Å²) >= 11 is 0. The minimum absolute atomic E-state index is 0.00762. The molecule has 17 nitrogen and oxygen atoms in total. The van der Waals surface area contributed by atoms with Crippen LogP contribution in [0.2, 0.25) is 0 Å². The van der Waals surface area contributed by atoms with Crippen LogP contribution in [0, 0.1) is 50.2 Å². The highest BCUT2D eigenvalue weighted by atomic mass is 16.8. The molecule has 0 amide bonds. The van der Waals surface area contributed by atoms with Crippen molar-refractivity contribution in [3.63, 3.8) is 0 Å². The van der Waals surface area contributed by atoms with E-state index in [1.165, 1.54) is 12.5 Å². The van der Waals surface area contributed by atoms with Gasteiger partial charge in [-0.1, -0.05) is 60.1 Å². The van der Waals surface area contributed by atoms with Gasteiger partial charge in [-0.15, -0.1) is 0 Å². The van der Waals surface area contributed by atoms with Crippen LogP contribution in [0.25, 0.3) is 0 Å². The molecular formula is C47H74O17. The Morgan fingerprint density at radius 3 is 1.95 bits per heavy atom. The molecule has 64 heavy (non-hydrogen) atoms. The van der Waals surface area contributed by atoms with Crippen molar-refractivity contribution in [2.45, 2.75) is 212 Å². The highest BCUT2D eigenvalue weighted by Gasteiger charge is 2.70. The van der Waals surface area contributed by atoms with Crippen molar-refractivity contribution in [3.8, 4) is 0 Å². The first-order valence-corrected chi connectivity index (χ1v) is 23.6. The van der Waals surface area contributed by atoms with Crippen LogP contribution in [0.4, 0.5) is 0 Å². The number of hydrogen-bond donors (Lipinski definition) is 9. The molecule has 364 valence electrons. The first-order valence-electron chi connectivity index (χ1n) is 23.6. The van der Waals surface area contributed by atoms with E-state index >= 15 is 0 Å². The Morgan fingerprint density at radius 2 is 1.30 bits per heavy atom. The minimum atomic E-state index is -2.00. The van der Waals surface area contributed by atoms with Gasteiger partial charge in [0.25, 0.3) is 0 Å². The number of carboxylic acids is 2. The van der Waals surface area contributed by atoms with E-state index in [0.29, 0.717) is 25.2 Å². The van der Waals surface area contributed by atoms with E-state index in [2.05, 4.69) is 54.5 Å². The summed E-state index contributed by atoms with van der Waals surface area (Å²) in [5.74, 6) is -1.78. The molecule has 22 atom stereocenters. The maximum Gasteiger partial charge on any atom is 0.335 e. The summed E-state index contributed by atoms with van der Waals surface area (Å²) in [6.45, 7) is 17.4. The van der Waals surface area contributed by atoms with Gasteiger partial charge in [-0.25, -0.2) is 4.79 Å². The fraction of sp³-hybridized carbons (Fsp3) is 0.915. The molecule has 0 aromatic carbocycles. The Morgan fingerprint density at radius 1 is 0.672 bits per heavy atom. The quantitative estimate of drug-likeness (QED) is 0.125. The van der Waals surface area contributed by atoms with E-state index in [1.807, 2.05) is 0 Å². The summed E-state index contributed by atoms with van der Waals surface area (Å²) < 4.78 is 36.6. The van der Waals surface area contributed by atoms with Crippen LogP contribution < -0.4 is 0 Å². The largest absolute Gasteiger partial charge is 0.481 e. The predicted molar refractivity (Wildman–Crippen MR) is 224 cm³/mol. The summed E-state index contributed by atoms with van der Waals surface area (Å²) in [5, 5.41) is 95.8. The molecule has 9 N–H and O–H groups in total. The first kappa shape index (κ1) is 48.6. The number of carboxylic acid groups (broad SMARTS) is 2. The van der Waals surface area contributed by atoms with Gasteiger partial charge in [0.2, 0.25) is 0 Å². The molecule has 3 aliphatic heterocycles. The zero-order valence-corrected chi connectivity index (χ0v) is 38.5. The smallest absolute Gasteiger partial charge is 0.335 e. The van der Waals surface area contributed by atoms with Crippen LogP contribution in [-0.4, -0.2) is 157 Å². The van der Waals surface area contributed by atoms with Gasteiger partial charge in [0.15, 0.2) is 25.0 Å². The van der Waals surface area contributed by atoms with Gasteiger partial charge < -0.3 is 74.4 Å². The van der Waals surface area contributed by atoms with Gasteiger partial charge in [0.05, 0.1) is 24.2 Å². The van der Waals surface area contributed by atoms with E-state index in [9.17, 15) is 55.5 Å². The second kappa shape index (κ2) is 16.7. The molecule has 0 aromatic rings. The van der Waals surface area contributed by atoms with Gasteiger partial charge in [-0.05, 0) is 116 Å². The normalized spacial score (nSPS) is 53.4. The van der Waals surface area contributed by atoms with Crippen LogP contribution in [0.15, 0.2) is 11.6 Å². The monoisotopic (exact) mass is 910 g/mol. The molecule has 8 aliphatic rings. The van der Waals surface area contributed by atoms with Gasteiger partial charge in [0, 0.05) is 0 Å². The van der Waals surface area contributed by atoms with Gasteiger partial charge in [0.1, 0.15) is 54.9 Å². The van der Waals surface area contributed by atoms with Gasteiger partial charge >= 0.3 is 11.9 Å². The zero-order chi connectivity index (χ0) is 46.9. The van der Waals surface area contributed by atoms with Crippen molar-refractivity contribution in [2.75, 3.05) is 6.61 Å². The molecule has 0 bridgehead atoms. The third-order valence-corrected chi connectivity index (χ3v) is 18.9. The summed E-state index contributed by atoms with van der Waals surface area (Å²) in [5.41, 5.74) is -0.109. The highest BCUT2D eigenvalue weighted by molar-refractivity contribution is 5.76. The molecule has 22 unspecified atom stereocenters. The third-order valence-electron chi connectivity index (χ3n) is 18.9. The Kier molecular flexibility index (Phi) is 12.7. The summed E-state index contributed by atoms with van der Waals surface area (Å²) in [6, 6.07) is 0. The molecule has 0 radical (unpaired) electrons. The molecule has 8 rings (SSSR count). The molecule has 0 spiro atoms. The maximum absolute atomic E-state index is 13.1. The fourth-order valence-corrected chi connectivity index (χ4v) is 14.8. The summed E-state index contributed by atoms with van der Waals surface area (Å²) in [4.78, 5) is 25.1. The standard InChI is InChI=1S/C47H74O17/c1-21-28(49)29(50)32(53)38(60-21)64-36-34(62-39-33(54)30(51)31(52)35(63-39)37(55)56)24(48)20-59-40(36)61-27-12-13-44(6)25(43(27,4)5)11-14-46(8)26(44)10-9-22-23-19-42(2,3)15-17-47(23,41(57)58)18-16-45(22,46)7/h9,21,23-36,38-40,48-54H,10-20H2,1-8H3,(H,55,56)(H,57,58). The van der Waals surface area contributed by atoms with Crippen LogP contribution in [0.1, 0.15) is 120 Å². The number of aliphatic hydroxyl groups is 7. The SMILES string of the molecule is CC1OC(OC2C(OC3CCC4(C)C(CCC5(C)C4CC=C4C6CC(C)(C)CCC6(C(=O)O)CCC45C)C3(C)C)OCC(O)C2OC2OC(C(=O)O)C(O)C(O)C2O)C(O)C(O)C1O. The third kappa shape index (κ3) is 7.45. The minimum Gasteiger partial charge on any atom is -0.481 e. The van der Waals surface area contributed by atoms with Crippen LogP contribution >= 0.6 is 0 Å². The van der Waals surface area contributed by atoms with Crippen molar-refractivity contribution in [1.82, 2.24) is 0 Å². The van der Waals surface area contributed by atoms with Crippen LogP contribution in [-0.2, 0) is 38.0 Å². The fourth-order valence-electron chi connectivity index (χ4n) is 14.8. The van der Waals surface area contributed by atoms with Gasteiger partial charge in [-0.3, -0.25) is 4.79 Å². The molecular weight excluding hydrogens is 837 g/mol. The van der Waals surface area contributed by atoms with Crippen molar-refractivity contribution >= 4 is 11.9 Å². The lowest BCUT2D eigenvalue weighted by Crippen LogP contribution is -2.67. The number of hydrogen-bond acceptors (Lipinski definition) is 15. The van der Waals surface area contributed by atoms with Crippen molar-refractivity contribution < 1.29 is 84.0 Å². The van der Waals surface area contributed by atoms with Gasteiger partial charge in [-0.2, -0.15) is 0 Å². The number of carbonyl (C=O) groups is 2. The second-order valence-electron chi connectivity index (χ2n) is 23.0. The number of fused-ring (bicyclic) bond motifs is 7. The van der Waals surface area contributed by atoms with Crippen molar-refractivity contribution in [1.29, 1.82) is 0 Å². The molecule has 4 saturated carbocycles. The van der Waals surface area contributed by atoms with Crippen molar-refractivity contribution in [2.24, 2.45) is 50.2 Å². The van der Waals surface area contributed by atoms with E-state index in [4.69, 9.17) is 28.4 Å². The molecule has 7 fully saturated rings. The van der Waals surface area contributed by atoms with Crippen molar-refractivity contribution in [3.05, 3.63) is 11.6 Å². The number of aliphatic hydroxyl groups excluding tert-OH is 7. The Balaban J connectivity index is 1.07. The molecule has 0 aromatic heterocycles. The van der Waals surface area contributed by atoms with Crippen LogP contribution in [0.3, 0.4) is 0 Å². The number of allylic oxidation sites excluding steroid dienone is 2. The summed E-state index contributed by atoms with van der Waals surface area (Å²) in [6.07, 6.45) is -13.1. The first-order chi connectivity index (χ1) is 29.7.